The zero-order valence-corrected chi connectivity index (χ0v) is 16.3. The largest absolute Gasteiger partial charge is 0.373 e. The van der Waals surface area contributed by atoms with Crippen molar-refractivity contribution in [1.29, 1.82) is 0 Å². The second kappa shape index (κ2) is 8.33. The molecule has 0 unspecified atom stereocenters. The molecule has 1 fully saturated rings. The van der Waals surface area contributed by atoms with Gasteiger partial charge >= 0.3 is 0 Å². The molecule has 0 radical (unpaired) electrons. The summed E-state index contributed by atoms with van der Waals surface area (Å²) in [6.07, 6.45) is 2.06. The molecule has 0 aliphatic carbocycles. The van der Waals surface area contributed by atoms with Crippen LogP contribution in [0.15, 0.2) is 59.5 Å². The molecule has 0 amide bonds. The summed E-state index contributed by atoms with van der Waals surface area (Å²) >= 11 is 0. The Morgan fingerprint density at radius 2 is 1.77 bits per heavy atom. The molecular formula is C21H27NO3S. The maximum Gasteiger partial charge on any atom is 0.243 e. The van der Waals surface area contributed by atoms with Crippen LogP contribution in [0.4, 0.5) is 0 Å². The average Bonchev–Trinajstić information content (AvgIpc) is 2.63. The highest BCUT2D eigenvalue weighted by atomic mass is 32.2. The third-order valence-corrected chi connectivity index (χ3v) is 6.97. The van der Waals surface area contributed by atoms with Crippen LogP contribution in [-0.2, 0) is 14.8 Å². The minimum atomic E-state index is -3.51. The van der Waals surface area contributed by atoms with E-state index in [1.807, 2.05) is 44.2 Å². The van der Waals surface area contributed by atoms with Crippen LogP contribution in [-0.4, -0.2) is 31.9 Å². The fraction of sp³-hybridized carbons (Fsp3) is 0.429. The number of sulfonamides is 1. The normalized spacial score (nSPS) is 22.5. The summed E-state index contributed by atoms with van der Waals surface area (Å²) in [6, 6.07) is 17.1. The van der Waals surface area contributed by atoms with Crippen LogP contribution in [0.5, 0.6) is 0 Å². The van der Waals surface area contributed by atoms with E-state index in [9.17, 15) is 8.42 Å². The van der Waals surface area contributed by atoms with Crippen molar-refractivity contribution in [2.24, 2.45) is 0 Å². The van der Waals surface area contributed by atoms with Crippen LogP contribution < -0.4 is 0 Å². The van der Waals surface area contributed by atoms with Crippen LogP contribution in [0, 0.1) is 6.92 Å². The Kier molecular flexibility index (Phi) is 6.12. The molecule has 0 spiro atoms. The predicted molar refractivity (Wildman–Crippen MR) is 104 cm³/mol. The lowest BCUT2D eigenvalue weighted by atomic mass is 9.99. The van der Waals surface area contributed by atoms with Gasteiger partial charge in [-0.2, -0.15) is 4.31 Å². The molecule has 5 heteroatoms. The van der Waals surface area contributed by atoms with Crippen LogP contribution in [0.2, 0.25) is 0 Å². The van der Waals surface area contributed by atoms with Gasteiger partial charge in [-0.1, -0.05) is 55.0 Å². The Hall–Kier alpha value is -1.69. The van der Waals surface area contributed by atoms with Crippen LogP contribution in [0.3, 0.4) is 0 Å². The Bertz CT molecular complexity index is 803. The van der Waals surface area contributed by atoms with Crippen LogP contribution in [0.1, 0.15) is 43.4 Å². The highest BCUT2D eigenvalue weighted by Gasteiger charge is 2.33. The molecule has 4 nitrogen and oxygen atoms in total. The van der Waals surface area contributed by atoms with Gasteiger partial charge in [0.25, 0.3) is 0 Å². The zero-order valence-electron chi connectivity index (χ0n) is 15.5. The van der Waals surface area contributed by atoms with Gasteiger partial charge in [0.1, 0.15) is 0 Å². The summed E-state index contributed by atoms with van der Waals surface area (Å²) in [7, 11) is -3.51. The molecule has 26 heavy (non-hydrogen) atoms. The maximum absolute atomic E-state index is 13.3. The number of ether oxygens (including phenoxy) is 1. The van der Waals surface area contributed by atoms with Crippen molar-refractivity contribution in [2.75, 3.05) is 13.2 Å². The van der Waals surface area contributed by atoms with Gasteiger partial charge in [-0.3, -0.25) is 0 Å². The zero-order chi connectivity index (χ0) is 18.6. The van der Waals surface area contributed by atoms with E-state index in [0.29, 0.717) is 30.9 Å². The van der Waals surface area contributed by atoms with Crippen molar-refractivity contribution in [3.63, 3.8) is 0 Å². The fourth-order valence-electron chi connectivity index (χ4n) is 3.49. The molecule has 3 rings (SSSR count). The van der Waals surface area contributed by atoms with Gasteiger partial charge in [-0.15, -0.1) is 0 Å². The van der Waals surface area contributed by atoms with E-state index in [0.717, 1.165) is 17.5 Å². The number of benzene rings is 2. The second-order valence-electron chi connectivity index (χ2n) is 6.85. The van der Waals surface area contributed by atoms with Gasteiger partial charge in [0.15, 0.2) is 0 Å². The second-order valence-corrected chi connectivity index (χ2v) is 8.74. The Labute approximate surface area is 156 Å². The van der Waals surface area contributed by atoms with Gasteiger partial charge in [-0.05, 0) is 43.9 Å². The predicted octanol–water partition coefficient (Wildman–Crippen LogP) is 4.32. The molecule has 1 aliphatic rings. The summed E-state index contributed by atoms with van der Waals surface area (Å²) in [5, 5.41) is 0. The van der Waals surface area contributed by atoms with Gasteiger partial charge in [0.05, 0.1) is 11.0 Å². The maximum atomic E-state index is 13.3. The fourth-order valence-corrected chi connectivity index (χ4v) is 5.24. The topological polar surface area (TPSA) is 46.6 Å². The summed E-state index contributed by atoms with van der Waals surface area (Å²) in [5.41, 5.74) is 2.17. The SMILES string of the molecule is CC[C@@H]1C[C@H](c2ccccc2)OCCCN1S(=O)(=O)c1ccc(C)cc1. The lowest BCUT2D eigenvalue weighted by Crippen LogP contribution is -2.43. The molecule has 0 aromatic heterocycles. The minimum Gasteiger partial charge on any atom is -0.373 e. The van der Waals surface area contributed by atoms with Gasteiger partial charge < -0.3 is 4.74 Å². The van der Waals surface area contributed by atoms with Crippen molar-refractivity contribution in [3.05, 3.63) is 65.7 Å². The van der Waals surface area contributed by atoms with Crippen molar-refractivity contribution < 1.29 is 13.2 Å². The summed E-state index contributed by atoms with van der Waals surface area (Å²) in [4.78, 5) is 0.374. The molecule has 1 aliphatic heterocycles. The van der Waals surface area contributed by atoms with E-state index in [2.05, 4.69) is 12.1 Å². The molecule has 1 heterocycles. The molecular weight excluding hydrogens is 346 g/mol. The summed E-state index contributed by atoms with van der Waals surface area (Å²) < 4.78 is 34.3. The number of aryl methyl sites for hydroxylation is 1. The quantitative estimate of drug-likeness (QED) is 0.802. The van der Waals surface area contributed by atoms with E-state index in [4.69, 9.17) is 4.74 Å². The molecule has 2 aromatic rings. The standard InChI is InChI=1S/C21H27NO3S/c1-3-19-16-21(18-8-5-4-6-9-18)25-15-7-14-22(19)26(23,24)20-12-10-17(2)11-13-20/h4-6,8-13,19,21H,3,7,14-16H2,1-2H3/t19-,21-/m1/s1. The van der Waals surface area contributed by atoms with E-state index in [-0.39, 0.29) is 12.1 Å². The first kappa shape index (κ1) is 19.1. The first-order chi connectivity index (χ1) is 12.5. The van der Waals surface area contributed by atoms with Gasteiger partial charge in [0, 0.05) is 19.2 Å². The summed E-state index contributed by atoms with van der Waals surface area (Å²) in [6.45, 7) is 5.07. The van der Waals surface area contributed by atoms with E-state index < -0.39 is 10.0 Å². The van der Waals surface area contributed by atoms with E-state index >= 15 is 0 Å². The van der Waals surface area contributed by atoms with Crippen molar-refractivity contribution in [1.82, 2.24) is 4.31 Å². The highest BCUT2D eigenvalue weighted by molar-refractivity contribution is 7.89. The molecule has 2 atom stereocenters. The van der Waals surface area contributed by atoms with Crippen molar-refractivity contribution >= 4 is 10.0 Å². The molecule has 0 bridgehead atoms. The molecule has 1 saturated heterocycles. The first-order valence-electron chi connectivity index (χ1n) is 9.27. The van der Waals surface area contributed by atoms with Crippen molar-refractivity contribution in [3.8, 4) is 0 Å². The number of hydrogen-bond donors (Lipinski definition) is 0. The van der Waals surface area contributed by atoms with Crippen LogP contribution >= 0.6 is 0 Å². The Balaban J connectivity index is 1.89. The minimum absolute atomic E-state index is 0.0721. The van der Waals surface area contributed by atoms with Gasteiger partial charge in [0.2, 0.25) is 10.0 Å². The Morgan fingerprint density at radius 1 is 1.08 bits per heavy atom. The number of rotatable bonds is 4. The van der Waals surface area contributed by atoms with E-state index in [1.165, 1.54) is 0 Å². The third-order valence-electron chi connectivity index (χ3n) is 5.01. The smallest absolute Gasteiger partial charge is 0.243 e. The summed E-state index contributed by atoms with van der Waals surface area (Å²) in [5.74, 6) is 0. The monoisotopic (exact) mass is 373 g/mol. The first-order valence-corrected chi connectivity index (χ1v) is 10.7. The molecule has 0 N–H and O–H groups in total. The average molecular weight is 374 g/mol. The number of hydrogen-bond acceptors (Lipinski definition) is 3. The Morgan fingerprint density at radius 3 is 2.42 bits per heavy atom. The lowest BCUT2D eigenvalue weighted by molar-refractivity contribution is 0.0131. The van der Waals surface area contributed by atoms with E-state index in [1.54, 1.807) is 16.4 Å². The highest BCUT2D eigenvalue weighted by Crippen LogP contribution is 2.31. The molecule has 140 valence electrons. The molecule has 2 aromatic carbocycles. The molecule has 0 saturated carbocycles. The lowest BCUT2D eigenvalue weighted by Gasteiger charge is -2.35. The van der Waals surface area contributed by atoms with Gasteiger partial charge in [-0.25, -0.2) is 8.42 Å². The van der Waals surface area contributed by atoms with Crippen molar-refractivity contribution in [2.45, 2.75) is 50.2 Å². The third kappa shape index (κ3) is 4.17. The van der Waals surface area contributed by atoms with Crippen LogP contribution in [0.25, 0.3) is 0 Å². The number of nitrogens with zero attached hydrogens (tertiary/aromatic N) is 1.